The van der Waals surface area contributed by atoms with Gasteiger partial charge in [0.1, 0.15) is 0 Å². The number of nitrogens with two attached hydrogens (primary N) is 1. The first-order chi connectivity index (χ1) is 9.69. The van der Waals surface area contributed by atoms with Crippen molar-refractivity contribution in [1.82, 2.24) is 0 Å². The number of nitrogen functional groups attached to an aromatic ring is 1. The lowest BCUT2D eigenvalue weighted by atomic mass is 10.2. The van der Waals surface area contributed by atoms with E-state index in [-0.39, 0.29) is 11.7 Å². The molecule has 0 unspecified atom stereocenters. The molecule has 20 heavy (non-hydrogen) atoms. The van der Waals surface area contributed by atoms with Crippen molar-refractivity contribution < 1.29 is 4.79 Å². The normalized spacial score (nSPS) is 9.75. The standard InChI is InChI=1S/C15H13N3OS/c16-9-11-4-3-5-12(8-11)18-15(19)10-20-14-7-2-1-6-13(14)17/h1-8H,10,17H2,(H,18,19). The summed E-state index contributed by atoms with van der Waals surface area (Å²) < 4.78 is 0. The fourth-order valence-corrected chi connectivity index (χ4v) is 2.39. The van der Waals surface area contributed by atoms with Crippen LogP contribution in [0.2, 0.25) is 0 Å². The molecule has 0 aliphatic heterocycles. The summed E-state index contributed by atoms with van der Waals surface area (Å²) in [5.74, 6) is 0.138. The Balaban J connectivity index is 1.93. The van der Waals surface area contributed by atoms with Gasteiger partial charge in [-0.3, -0.25) is 4.79 Å². The molecule has 100 valence electrons. The molecule has 4 nitrogen and oxygen atoms in total. The van der Waals surface area contributed by atoms with Crippen molar-refractivity contribution in [3.8, 4) is 6.07 Å². The minimum atomic E-state index is -0.131. The average molecular weight is 283 g/mol. The maximum Gasteiger partial charge on any atom is 0.234 e. The van der Waals surface area contributed by atoms with Crippen LogP contribution in [0.15, 0.2) is 53.4 Å². The van der Waals surface area contributed by atoms with Crippen LogP contribution in [0.3, 0.4) is 0 Å². The summed E-state index contributed by atoms with van der Waals surface area (Å²) in [6.45, 7) is 0. The van der Waals surface area contributed by atoms with Gasteiger partial charge in [0.15, 0.2) is 0 Å². The van der Waals surface area contributed by atoms with Crippen molar-refractivity contribution in [1.29, 1.82) is 5.26 Å². The summed E-state index contributed by atoms with van der Waals surface area (Å²) >= 11 is 1.38. The number of nitrogens with zero attached hydrogens (tertiary/aromatic N) is 1. The zero-order valence-electron chi connectivity index (χ0n) is 10.7. The first-order valence-electron chi connectivity index (χ1n) is 5.96. The van der Waals surface area contributed by atoms with Crippen LogP contribution in [0.5, 0.6) is 0 Å². The van der Waals surface area contributed by atoms with E-state index >= 15 is 0 Å². The van der Waals surface area contributed by atoms with Gasteiger partial charge in [-0.15, -0.1) is 11.8 Å². The number of anilines is 2. The highest BCUT2D eigenvalue weighted by molar-refractivity contribution is 8.00. The number of rotatable bonds is 4. The number of hydrogen-bond donors (Lipinski definition) is 2. The third kappa shape index (κ3) is 3.77. The number of amides is 1. The number of carbonyl (C=O) groups is 1. The Morgan fingerprint density at radius 3 is 2.80 bits per heavy atom. The Hall–Kier alpha value is -2.45. The van der Waals surface area contributed by atoms with Crippen molar-refractivity contribution in [3.05, 3.63) is 54.1 Å². The van der Waals surface area contributed by atoms with Gasteiger partial charge < -0.3 is 11.1 Å². The molecule has 2 aromatic rings. The number of nitriles is 1. The molecule has 0 saturated carbocycles. The van der Waals surface area contributed by atoms with E-state index in [0.29, 0.717) is 16.9 Å². The predicted molar refractivity (Wildman–Crippen MR) is 81.4 cm³/mol. The number of thioether (sulfide) groups is 1. The molecule has 0 heterocycles. The highest BCUT2D eigenvalue weighted by Crippen LogP contribution is 2.24. The highest BCUT2D eigenvalue weighted by atomic mass is 32.2. The second kappa shape index (κ2) is 6.64. The molecule has 0 radical (unpaired) electrons. The molecule has 2 rings (SSSR count). The predicted octanol–water partition coefficient (Wildman–Crippen LogP) is 2.87. The summed E-state index contributed by atoms with van der Waals surface area (Å²) in [5, 5.41) is 11.6. The highest BCUT2D eigenvalue weighted by Gasteiger charge is 2.05. The van der Waals surface area contributed by atoms with E-state index in [2.05, 4.69) is 5.32 Å². The molecule has 0 spiro atoms. The maximum absolute atomic E-state index is 11.8. The number of benzene rings is 2. The molecule has 3 N–H and O–H groups in total. The average Bonchev–Trinajstić information content (AvgIpc) is 2.46. The second-order valence-corrected chi connectivity index (χ2v) is 5.08. The second-order valence-electron chi connectivity index (χ2n) is 4.07. The molecule has 0 atom stereocenters. The number of hydrogen-bond acceptors (Lipinski definition) is 4. The van der Waals surface area contributed by atoms with Gasteiger partial charge in [0.05, 0.1) is 17.4 Å². The van der Waals surface area contributed by atoms with Crippen LogP contribution in [-0.4, -0.2) is 11.7 Å². The number of para-hydroxylation sites is 1. The Morgan fingerprint density at radius 2 is 2.05 bits per heavy atom. The summed E-state index contributed by atoms with van der Waals surface area (Å²) in [4.78, 5) is 12.7. The smallest absolute Gasteiger partial charge is 0.234 e. The Bertz CT molecular complexity index is 664. The van der Waals surface area contributed by atoms with E-state index in [4.69, 9.17) is 11.0 Å². The zero-order chi connectivity index (χ0) is 14.4. The van der Waals surface area contributed by atoms with Gasteiger partial charge in [0.25, 0.3) is 0 Å². The van der Waals surface area contributed by atoms with Gasteiger partial charge >= 0.3 is 0 Å². The van der Waals surface area contributed by atoms with E-state index in [0.717, 1.165) is 4.90 Å². The third-order valence-electron chi connectivity index (χ3n) is 2.55. The van der Waals surface area contributed by atoms with Gasteiger partial charge in [-0.05, 0) is 30.3 Å². The van der Waals surface area contributed by atoms with Crippen LogP contribution in [0.4, 0.5) is 11.4 Å². The van der Waals surface area contributed by atoms with E-state index in [9.17, 15) is 4.79 Å². The van der Waals surface area contributed by atoms with Gasteiger partial charge in [0, 0.05) is 16.3 Å². The lowest BCUT2D eigenvalue weighted by Gasteiger charge is -2.06. The lowest BCUT2D eigenvalue weighted by molar-refractivity contribution is -0.113. The molecule has 0 saturated heterocycles. The molecule has 0 aliphatic rings. The minimum absolute atomic E-state index is 0.131. The number of carbonyl (C=O) groups excluding carboxylic acids is 1. The summed E-state index contributed by atoms with van der Waals surface area (Å²) in [6.07, 6.45) is 0. The molecule has 0 aliphatic carbocycles. The molecular formula is C15H13N3OS. The van der Waals surface area contributed by atoms with Crippen molar-refractivity contribution in [2.45, 2.75) is 4.90 Å². The summed E-state index contributed by atoms with van der Waals surface area (Å²) in [6, 6.07) is 16.3. The van der Waals surface area contributed by atoms with Crippen molar-refractivity contribution in [3.63, 3.8) is 0 Å². The summed E-state index contributed by atoms with van der Waals surface area (Å²) in [7, 11) is 0. The first-order valence-corrected chi connectivity index (χ1v) is 6.95. The first kappa shape index (κ1) is 14.0. The van der Waals surface area contributed by atoms with Crippen LogP contribution >= 0.6 is 11.8 Å². The van der Waals surface area contributed by atoms with Crippen LogP contribution in [-0.2, 0) is 4.79 Å². The van der Waals surface area contributed by atoms with E-state index in [1.165, 1.54) is 11.8 Å². The molecular weight excluding hydrogens is 270 g/mol. The van der Waals surface area contributed by atoms with Crippen LogP contribution in [0.25, 0.3) is 0 Å². The van der Waals surface area contributed by atoms with Crippen molar-refractivity contribution in [2.75, 3.05) is 16.8 Å². The zero-order valence-corrected chi connectivity index (χ0v) is 11.5. The fourth-order valence-electron chi connectivity index (χ4n) is 1.62. The lowest BCUT2D eigenvalue weighted by Crippen LogP contribution is -2.14. The Morgan fingerprint density at radius 1 is 1.25 bits per heavy atom. The van der Waals surface area contributed by atoms with Crippen LogP contribution in [0.1, 0.15) is 5.56 Å². The Labute approximate surface area is 121 Å². The van der Waals surface area contributed by atoms with Crippen LogP contribution in [0, 0.1) is 11.3 Å². The summed E-state index contributed by atoms with van der Waals surface area (Å²) in [5.41, 5.74) is 7.61. The molecule has 5 heteroatoms. The number of nitrogens with one attached hydrogen (secondary N) is 1. The van der Waals surface area contributed by atoms with E-state index in [1.54, 1.807) is 30.3 Å². The third-order valence-corrected chi connectivity index (χ3v) is 3.64. The monoisotopic (exact) mass is 283 g/mol. The molecule has 0 aromatic heterocycles. The molecule has 0 fully saturated rings. The maximum atomic E-state index is 11.8. The van der Waals surface area contributed by atoms with E-state index < -0.39 is 0 Å². The topological polar surface area (TPSA) is 78.9 Å². The van der Waals surface area contributed by atoms with Crippen molar-refractivity contribution in [2.24, 2.45) is 0 Å². The molecule has 2 aromatic carbocycles. The van der Waals surface area contributed by atoms with Gasteiger partial charge in [0.2, 0.25) is 5.91 Å². The fraction of sp³-hybridized carbons (Fsp3) is 0.0667. The van der Waals surface area contributed by atoms with Gasteiger partial charge in [-0.25, -0.2) is 0 Å². The molecule has 0 bridgehead atoms. The SMILES string of the molecule is N#Cc1cccc(NC(=O)CSc2ccccc2N)c1. The van der Waals surface area contributed by atoms with E-state index in [1.807, 2.05) is 24.3 Å². The largest absolute Gasteiger partial charge is 0.398 e. The quantitative estimate of drug-likeness (QED) is 0.668. The van der Waals surface area contributed by atoms with Gasteiger partial charge in [-0.1, -0.05) is 18.2 Å². The Kier molecular flexibility index (Phi) is 4.64. The van der Waals surface area contributed by atoms with Crippen molar-refractivity contribution >= 4 is 29.0 Å². The minimum Gasteiger partial charge on any atom is -0.398 e. The molecule has 1 amide bonds. The van der Waals surface area contributed by atoms with Crippen LogP contribution < -0.4 is 11.1 Å². The van der Waals surface area contributed by atoms with Gasteiger partial charge in [-0.2, -0.15) is 5.26 Å².